The number of rotatable bonds is 9. The van der Waals surface area contributed by atoms with Gasteiger partial charge in [-0.2, -0.15) is 0 Å². The van der Waals surface area contributed by atoms with Crippen molar-refractivity contribution < 1.29 is 23.7 Å². The van der Waals surface area contributed by atoms with Gasteiger partial charge < -0.3 is 18.9 Å². The fourth-order valence-corrected chi connectivity index (χ4v) is 3.27. The SMILES string of the molecule is CCOc1cc(C(=O)OCc2cc(=O)n3cc(Br)ccc3n2)cc(OCC)c1OCC. The first-order chi connectivity index (χ1) is 15.0. The molecule has 0 fully saturated rings. The van der Waals surface area contributed by atoms with E-state index in [0.717, 1.165) is 4.47 Å². The molecule has 0 bridgehead atoms. The largest absolute Gasteiger partial charge is 0.490 e. The molecule has 0 aliphatic heterocycles. The highest BCUT2D eigenvalue weighted by atomic mass is 79.9. The summed E-state index contributed by atoms with van der Waals surface area (Å²) in [6.07, 6.45) is 1.63. The van der Waals surface area contributed by atoms with Crippen molar-refractivity contribution in [2.75, 3.05) is 19.8 Å². The van der Waals surface area contributed by atoms with E-state index in [1.165, 1.54) is 10.5 Å². The van der Waals surface area contributed by atoms with Gasteiger partial charge in [0.1, 0.15) is 12.3 Å². The van der Waals surface area contributed by atoms with Crippen molar-refractivity contribution in [1.82, 2.24) is 9.38 Å². The molecule has 0 spiro atoms. The molecule has 0 N–H and O–H groups in total. The van der Waals surface area contributed by atoms with Crippen LogP contribution in [0.2, 0.25) is 0 Å². The van der Waals surface area contributed by atoms with Crippen molar-refractivity contribution >= 4 is 27.5 Å². The summed E-state index contributed by atoms with van der Waals surface area (Å²) >= 11 is 3.32. The molecule has 164 valence electrons. The predicted molar refractivity (Wildman–Crippen MR) is 118 cm³/mol. The van der Waals surface area contributed by atoms with Crippen LogP contribution in [0.25, 0.3) is 5.65 Å². The molecule has 0 aliphatic carbocycles. The van der Waals surface area contributed by atoms with E-state index < -0.39 is 5.97 Å². The third kappa shape index (κ3) is 5.35. The van der Waals surface area contributed by atoms with Gasteiger partial charge in [-0.05, 0) is 61.0 Å². The second kappa shape index (κ2) is 10.3. The molecule has 0 radical (unpaired) electrons. The lowest BCUT2D eigenvalue weighted by Gasteiger charge is -2.16. The lowest BCUT2D eigenvalue weighted by Crippen LogP contribution is -2.16. The van der Waals surface area contributed by atoms with Crippen molar-refractivity contribution in [1.29, 1.82) is 0 Å². The number of hydrogen-bond acceptors (Lipinski definition) is 7. The average molecular weight is 491 g/mol. The molecule has 0 amide bonds. The number of carbonyl (C=O) groups is 1. The monoisotopic (exact) mass is 490 g/mol. The molecule has 3 rings (SSSR count). The average Bonchev–Trinajstić information content (AvgIpc) is 2.75. The quantitative estimate of drug-likeness (QED) is 0.418. The lowest BCUT2D eigenvalue weighted by molar-refractivity contribution is 0.0466. The highest BCUT2D eigenvalue weighted by Crippen LogP contribution is 2.39. The maximum absolute atomic E-state index is 12.7. The topological polar surface area (TPSA) is 88.4 Å². The summed E-state index contributed by atoms with van der Waals surface area (Å²) in [7, 11) is 0. The van der Waals surface area contributed by atoms with Crippen LogP contribution in [0, 0.1) is 0 Å². The van der Waals surface area contributed by atoms with Crippen LogP contribution in [-0.2, 0) is 11.3 Å². The minimum atomic E-state index is -0.595. The van der Waals surface area contributed by atoms with E-state index in [9.17, 15) is 9.59 Å². The fourth-order valence-electron chi connectivity index (χ4n) is 2.93. The highest BCUT2D eigenvalue weighted by molar-refractivity contribution is 9.10. The Bertz CT molecular complexity index is 1120. The van der Waals surface area contributed by atoms with E-state index >= 15 is 0 Å². The van der Waals surface area contributed by atoms with Gasteiger partial charge in [0.15, 0.2) is 11.5 Å². The molecule has 0 saturated carbocycles. The van der Waals surface area contributed by atoms with Crippen molar-refractivity contribution in [3.63, 3.8) is 0 Å². The number of esters is 1. The predicted octanol–water partition coefficient (Wildman–Crippen LogP) is 4.01. The van der Waals surface area contributed by atoms with Gasteiger partial charge in [0.25, 0.3) is 5.56 Å². The van der Waals surface area contributed by atoms with Crippen molar-refractivity contribution in [2.45, 2.75) is 27.4 Å². The van der Waals surface area contributed by atoms with Crippen LogP contribution in [0.15, 0.2) is 45.8 Å². The molecule has 2 aromatic heterocycles. The maximum Gasteiger partial charge on any atom is 0.338 e. The number of hydrogen-bond donors (Lipinski definition) is 0. The van der Waals surface area contributed by atoms with Crippen LogP contribution in [0.1, 0.15) is 36.8 Å². The minimum absolute atomic E-state index is 0.151. The zero-order valence-electron chi connectivity index (χ0n) is 17.5. The molecule has 8 nitrogen and oxygen atoms in total. The Morgan fingerprint density at radius 3 is 2.26 bits per heavy atom. The van der Waals surface area contributed by atoms with E-state index in [0.29, 0.717) is 48.4 Å². The third-order valence-corrected chi connectivity index (χ3v) is 4.64. The first kappa shape index (κ1) is 22.6. The van der Waals surface area contributed by atoms with Crippen LogP contribution < -0.4 is 19.8 Å². The van der Waals surface area contributed by atoms with Gasteiger partial charge in [-0.25, -0.2) is 9.78 Å². The smallest absolute Gasteiger partial charge is 0.338 e. The summed E-state index contributed by atoms with van der Waals surface area (Å²) in [6.45, 7) is 6.58. The van der Waals surface area contributed by atoms with Crippen LogP contribution in [0.5, 0.6) is 17.2 Å². The fraction of sp³-hybridized carbons (Fsp3) is 0.318. The molecule has 9 heteroatoms. The van der Waals surface area contributed by atoms with Crippen LogP contribution in [0.4, 0.5) is 0 Å². The zero-order chi connectivity index (χ0) is 22.4. The van der Waals surface area contributed by atoms with Crippen molar-refractivity contribution in [3.8, 4) is 17.2 Å². The van der Waals surface area contributed by atoms with E-state index in [1.54, 1.807) is 30.5 Å². The van der Waals surface area contributed by atoms with E-state index in [1.807, 2.05) is 20.8 Å². The minimum Gasteiger partial charge on any atom is -0.490 e. The number of pyridine rings is 1. The Labute approximate surface area is 187 Å². The number of fused-ring (bicyclic) bond motifs is 1. The number of aromatic nitrogens is 2. The first-order valence-electron chi connectivity index (χ1n) is 9.88. The summed E-state index contributed by atoms with van der Waals surface area (Å²) in [6, 6.07) is 7.93. The summed E-state index contributed by atoms with van der Waals surface area (Å²) in [4.78, 5) is 29.4. The molecular weight excluding hydrogens is 468 g/mol. The Kier molecular flexibility index (Phi) is 7.51. The van der Waals surface area contributed by atoms with Gasteiger partial charge in [-0.15, -0.1) is 0 Å². The number of carbonyl (C=O) groups excluding carboxylic acids is 1. The maximum atomic E-state index is 12.7. The van der Waals surface area contributed by atoms with Crippen molar-refractivity contribution in [2.24, 2.45) is 0 Å². The third-order valence-electron chi connectivity index (χ3n) is 4.17. The van der Waals surface area contributed by atoms with Gasteiger partial charge >= 0.3 is 5.97 Å². The van der Waals surface area contributed by atoms with Gasteiger partial charge in [-0.1, -0.05) is 0 Å². The highest BCUT2D eigenvalue weighted by Gasteiger charge is 2.19. The number of benzene rings is 1. The standard InChI is InChI=1S/C22H23BrN2O6/c1-4-28-17-9-14(10-18(29-5-2)21(17)30-6-3)22(27)31-13-16-11-20(26)25-12-15(23)7-8-19(25)24-16/h7-12H,4-6,13H2,1-3H3. The summed E-state index contributed by atoms with van der Waals surface area (Å²) in [5.74, 6) is 0.644. The molecule has 0 atom stereocenters. The molecule has 0 unspecified atom stereocenters. The van der Waals surface area contributed by atoms with Crippen LogP contribution >= 0.6 is 15.9 Å². The van der Waals surface area contributed by atoms with Gasteiger partial charge in [0, 0.05) is 16.7 Å². The Morgan fingerprint density at radius 2 is 1.65 bits per heavy atom. The lowest BCUT2D eigenvalue weighted by atomic mass is 10.2. The molecule has 1 aromatic carbocycles. The Balaban J connectivity index is 1.85. The summed E-state index contributed by atoms with van der Waals surface area (Å²) in [5.41, 5.74) is 0.786. The second-order valence-electron chi connectivity index (χ2n) is 6.34. The normalized spacial score (nSPS) is 10.7. The van der Waals surface area contributed by atoms with Gasteiger partial charge in [-0.3, -0.25) is 9.20 Å². The van der Waals surface area contributed by atoms with Crippen LogP contribution in [0.3, 0.4) is 0 Å². The molecule has 0 aliphatic rings. The van der Waals surface area contributed by atoms with Gasteiger partial charge in [0.2, 0.25) is 5.75 Å². The molecule has 0 saturated heterocycles. The Morgan fingerprint density at radius 1 is 1.00 bits per heavy atom. The second-order valence-corrected chi connectivity index (χ2v) is 7.25. The van der Waals surface area contributed by atoms with Crippen LogP contribution in [-0.4, -0.2) is 35.2 Å². The van der Waals surface area contributed by atoms with E-state index in [4.69, 9.17) is 18.9 Å². The van der Waals surface area contributed by atoms with E-state index in [-0.39, 0.29) is 17.7 Å². The molecule has 2 heterocycles. The van der Waals surface area contributed by atoms with Gasteiger partial charge in [0.05, 0.1) is 31.1 Å². The Hall–Kier alpha value is -3.07. The zero-order valence-corrected chi connectivity index (χ0v) is 19.1. The molecule has 3 aromatic rings. The van der Waals surface area contributed by atoms with E-state index in [2.05, 4.69) is 20.9 Å². The summed E-state index contributed by atoms with van der Waals surface area (Å²) in [5, 5.41) is 0. The summed E-state index contributed by atoms with van der Waals surface area (Å²) < 4.78 is 24.5. The number of nitrogens with zero attached hydrogens (tertiary/aromatic N) is 2. The number of ether oxygens (including phenoxy) is 4. The van der Waals surface area contributed by atoms with Crippen molar-refractivity contribution in [3.05, 3.63) is 62.6 Å². The first-order valence-corrected chi connectivity index (χ1v) is 10.7. The molecule has 31 heavy (non-hydrogen) atoms. The number of halogens is 1. The molecular formula is C22H23BrN2O6.